The van der Waals surface area contributed by atoms with Crippen molar-refractivity contribution in [2.45, 2.75) is 26.3 Å². The Balaban J connectivity index is 1.73. The van der Waals surface area contributed by atoms with Crippen molar-refractivity contribution in [3.63, 3.8) is 0 Å². The summed E-state index contributed by atoms with van der Waals surface area (Å²) in [6, 6.07) is 13.1. The molecule has 0 bridgehead atoms. The number of aromatic nitrogens is 2. The minimum atomic E-state index is -0.359. The van der Waals surface area contributed by atoms with E-state index in [4.69, 9.17) is 14.5 Å². The number of carbonyl (C=O) groups excluding carboxylic acids is 2. The van der Waals surface area contributed by atoms with Gasteiger partial charge < -0.3 is 18.9 Å². The zero-order valence-electron chi connectivity index (χ0n) is 17.3. The molecule has 0 atom stereocenters. The maximum Gasteiger partial charge on any atom is 0.338 e. The highest BCUT2D eigenvalue weighted by molar-refractivity contribution is 5.94. The lowest BCUT2D eigenvalue weighted by molar-refractivity contribution is -0.127. The van der Waals surface area contributed by atoms with Gasteiger partial charge in [-0.3, -0.25) is 4.79 Å². The Bertz CT molecular complexity index is 1070. The van der Waals surface area contributed by atoms with E-state index < -0.39 is 0 Å². The SMILES string of the molecule is CCOC(=O)c1ccc2c(c1)nc(-c1ccc(OC)cc1)n2CCN1CCCC1=O. The molecule has 0 saturated carbocycles. The van der Waals surface area contributed by atoms with E-state index in [0.29, 0.717) is 31.7 Å². The first-order valence-electron chi connectivity index (χ1n) is 10.2. The maximum atomic E-state index is 12.1. The van der Waals surface area contributed by atoms with Gasteiger partial charge in [0.1, 0.15) is 11.6 Å². The van der Waals surface area contributed by atoms with Crippen LogP contribution in [0.4, 0.5) is 0 Å². The van der Waals surface area contributed by atoms with Crippen LogP contribution >= 0.6 is 0 Å². The lowest BCUT2D eigenvalue weighted by atomic mass is 10.2. The fourth-order valence-electron chi connectivity index (χ4n) is 3.82. The Hall–Kier alpha value is -3.35. The van der Waals surface area contributed by atoms with Crippen LogP contribution in [0.25, 0.3) is 22.4 Å². The van der Waals surface area contributed by atoms with Crippen molar-refractivity contribution in [3.05, 3.63) is 48.0 Å². The molecule has 7 nitrogen and oxygen atoms in total. The number of imidazole rings is 1. The van der Waals surface area contributed by atoms with Crippen LogP contribution in [-0.2, 0) is 16.1 Å². The summed E-state index contributed by atoms with van der Waals surface area (Å²) >= 11 is 0. The molecular formula is C23H25N3O4. The highest BCUT2D eigenvalue weighted by atomic mass is 16.5. The summed E-state index contributed by atoms with van der Waals surface area (Å²) < 4.78 is 12.5. The Kier molecular flexibility index (Phi) is 5.70. The fourth-order valence-corrected chi connectivity index (χ4v) is 3.82. The van der Waals surface area contributed by atoms with E-state index in [2.05, 4.69) is 4.57 Å². The summed E-state index contributed by atoms with van der Waals surface area (Å²) in [6.45, 7) is 4.17. The van der Waals surface area contributed by atoms with Crippen LogP contribution in [0.3, 0.4) is 0 Å². The molecule has 0 spiro atoms. The van der Waals surface area contributed by atoms with Crippen LogP contribution in [0, 0.1) is 0 Å². The average Bonchev–Trinajstić information content (AvgIpc) is 3.34. The van der Waals surface area contributed by atoms with E-state index >= 15 is 0 Å². The van der Waals surface area contributed by atoms with Gasteiger partial charge in [0.25, 0.3) is 0 Å². The van der Waals surface area contributed by atoms with Gasteiger partial charge in [0.2, 0.25) is 5.91 Å². The molecule has 1 aromatic heterocycles. The minimum Gasteiger partial charge on any atom is -0.497 e. The number of benzene rings is 2. The van der Waals surface area contributed by atoms with Crippen molar-refractivity contribution in [1.29, 1.82) is 0 Å². The topological polar surface area (TPSA) is 73.7 Å². The zero-order chi connectivity index (χ0) is 21.1. The van der Waals surface area contributed by atoms with Gasteiger partial charge in [-0.2, -0.15) is 0 Å². The molecule has 3 aromatic rings. The number of likely N-dealkylation sites (tertiary alicyclic amines) is 1. The third-order valence-corrected chi connectivity index (χ3v) is 5.37. The van der Waals surface area contributed by atoms with Gasteiger partial charge in [-0.25, -0.2) is 9.78 Å². The van der Waals surface area contributed by atoms with Crippen LogP contribution < -0.4 is 4.74 Å². The zero-order valence-corrected chi connectivity index (χ0v) is 17.3. The van der Waals surface area contributed by atoms with Crippen LogP contribution in [0.1, 0.15) is 30.1 Å². The molecule has 0 aliphatic carbocycles. The number of rotatable bonds is 7. The number of esters is 1. The van der Waals surface area contributed by atoms with Crippen molar-refractivity contribution in [2.24, 2.45) is 0 Å². The maximum absolute atomic E-state index is 12.1. The van der Waals surface area contributed by atoms with Crippen LogP contribution in [0.15, 0.2) is 42.5 Å². The van der Waals surface area contributed by atoms with E-state index in [-0.39, 0.29) is 11.9 Å². The van der Waals surface area contributed by atoms with Crippen LogP contribution in [0.2, 0.25) is 0 Å². The summed E-state index contributed by atoms with van der Waals surface area (Å²) in [5.41, 5.74) is 3.06. The number of hydrogen-bond donors (Lipinski definition) is 0. The highest BCUT2D eigenvalue weighted by Gasteiger charge is 2.21. The molecule has 1 amide bonds. The first-order chi connectivity index (χ1) is 14.6. The monoisotopic (exact) mass is 407 g/mol. The fraction of sp³-hybridized carbons (Fsp3) is 0.348. The molecule has 0 unspecified atom stereocenters. The Morgan fingerprint density at radius 1 is 1.13 bits per heavy atom. The standard InChI is InChI=1S/C23H25N3O4/c1-3-30-23(28)17-8-11-20-19(15-17)24-22(16-6-9-18(29-2)10-7-16)26(20)14-13-25-12-4-5-21(25)27/h6-11,15H,3-5,12-14H2,1-2H3. The van der Waals surface area contributed by atoms with Crippen molar-refractivity contribution < 1.29 is 19.1 Å². The lowest BCUT2D eigenvalue weighted by Crippen LogP contribution is -2.28. The first-order valence-corrected chi connectivity index (χ1v) is 10.2. The molecule has 1 saturated heterocycles. The van der Waals surface area contributed by atoms with E-state index in [1.54, 1.807) is 26.2 Å². The number of hydrogen-bond acceptors (Lipinski definition) is 5. The summed E-state index contributed by atoms with van der Waals surface area (Å²) in [5.74, 6) is 1.41. The highest BCUT2D eigenvalue weighted by Crippen LogP contribution is 2.27. The summed E-state index contributed by atoms with van der Waals surface area (Å²) in [5, 5.41) is 0. The van der Waals surface area contributed by atoms with E-state index in [0.717, 1.165) is 41.1 Å². The number of fused-ring (bicyclic) bond motifs is 1. The Labute approximate surface area is 175 Å². The number of ether oxygens (including phenoxy) is 2. The molecule has 2 heterocycles. The third-order valence-electron chi connectivity index (χ3n) is 5.37. The van der Waals surface area contributed by atoms with E-state index in [9.17, 15) is 9.59 Å². The van der Waals surface area contributed by atoms with Gasteiger partial charge >= 0.3 is 5.97 Å². The van der Waals surface area contributed by atoms with Gasteiger partial charge in [-0.05, 0) is 55.8 Å². The molecule has 2 aromatic carbocycles. The molecule has 1 fully saturated rings. The van der Waals surface area contributed by atoms with Crippen molar-refractivity contribution in [1.82, 2.24) is 14.5 Å². The van der Waals surface area contributed by atoms with Crippen molar-refractivity contribution in [3.8, 4) is 17.1 Å². The van der Waals surface area contributed by atoms with E-state index in [1.807, 2.05) is 35.2 Å². The van der Waals surface area contributed by atoms with Crippen molar-refractivity contribution >= 4 is 22.9 Å². The minimum absolute atomic E-state index is 0.204. The Morgan fingerprint density at radius 3 is 2.60 bits per heavy atom. The smallest absolute Gasteiger partial charge is 0.338 e. The van der Waals surface area contributed by atoms with Crippen molar-refractivity contribution in [2.75, 3.05) is 26.8 Å². The number of methoxy groups -OCH3 is 1. The predicted octanol–water partition coefficient (Wildman–Crippen LogP) is 3.51. The molecule has 0 N–H and O–H groups in total. The second-order valence-electron chi connectivity index (χ2n) is 7.22. The predicted molar refractivity (Wildman–Crippen MR) is 113 cm³/mol. The molecule has 30 heavy (non-hydrogen) atoms. The quantitative estimate of drug-likeness (QED) is 0.561. The lowest BCUT2D eigenvalue weighted by Gasteiger charge is -2.17. The second-order valence-corrected chi connectivity index (χ2v) is 7.22. The molecule has 1 aliphatic heterocycles. The van der Waals surface area contributed by atoms with Gasteiger partial charge in [0.05, 0.1) is 30.3 Å². The number of amides is 1. The van der Waals surface area contributed by atoms with Gasteiger partial charge in [0, 0.05) is 31.6 Å². The normalized spacial score (nSPS) is 13.8. The average molecular weight is 407 g/mol. The summed E-state index contributed by atoms with van der Waals surface area (Å²) in [6.07, 6.45) is 1.54. The summed E-state index contributed by atoms with van der Waals surface area (Å²) in [7, 11) is 1.63. The molecule has 4 rings (SSSR count). The first kappa shape index (κ1) is 19.9. The molecule has 1 aliphatic rings. The number of nitrogens with zero attached hydrogens (tertiary/aromatic N) is 3. The Morgan fingerprint density at radius 2 is 1.93 bits per heavy atom. The summed E-state index contributed by atoms with van der Waals surface area (Å²) in [4.78, 5) is 30.9. The van der Waals surface area contributed by atoms with Crippen LogP contribution in [-0.4, -0.2) is 53.1 Å². The molecule has 0 radical (unpaired) electrons. The third kappa shape index (κ3) is 3.87. The molecule has 7 heteroatoms. The van der Waals surface area contributed by atoms with Crippen LogP contribution in [0.5, 0.6) is 5.75 Å². The number of carbonyl (C=O) groups is 2. The van der Waals surface area contributed by atoms with Gasteiger partial charge in [-0.1, -0.05) is 0 Å². The molecular weight excluding hydrogens is 382 g/mol. The van der Waals surface area contributed by atoms with Gasteiger partial charge in [-0.15, -0.1) is 0 Å². The molecule has 156 valence electrons. The second kappa shape index (κ2) is 8.57. The van der Waals surface area contributed by atoms with E-state index in [1.165, 1.54) is 0 Å². The largest absolute Gasteiger partial charge is 0.497 e. The van der Waals surface area contributed by atoms with Gasteiger partial charge in [0.15, 0.2) is 0 Å².